The van der Waals surface area contributed by atoms with Gasteiger partial charge in [-0.05, 0) is 62.3 Å². The molecule has 5 nitrogen and oxygen atoms in total. The van der Waals surface area contributed by atoms with Crippen molar-refractivity contribution < 1.29 is 14.3 Å². The summed E-state index contributed by atoms with van der Waals surface area (Å²) >= 11 is 0. The number of aromatic nitrogens is 1. The van der Waals surface area contributed by atoms with Crippen LogP contribution in [0.25, 0.3) is 0 Å². The molecule has 28 heavy (non-hydrogen) atoms. The molecular formula is C23H30N2O3. The van der Waals surface area contributed by atoms with Crippen LogP contribution in [-0.2, 0) is 9.53 Å². The number of ether oxygens (including phenoxy) is 2. The lowest BCUT2D eigenvalue weighted by Crippen LogP contribution is -2.70. The van der Waals surface area contributed by atoms with Gasteiger partial charge in [-0.2, -0.15) is 0 Å². The fourth-order valence-corrected chi connectivity index (χ4v) is 7.39. The maximum atomic E-state index is 13.5. The Labute approximate surface area is 166 Å². The van der Waals surface area contributed by atoms with E-state index in [1.165, 1.54) is 19.3 Å². The topological polar surface area (TPSA) is 51.7 Å². The molecule has 2 aliphatic heterocycles. The first kappa shape index (κ1) is 17.3. The largest absolute Gasteiger partial charge is 0.474 e. The van der Waals surface area contributed by atoms with Crippen molar-refractivity contribution >= 4 is 5.91 Å². The van der Waals surface area contributed by atoms with Crippen LogP contribution in [0.1, 0.15) is 51.4 Å². The molecule has 6 fully saturated rings. The fraction of sp³-hybridized carbons (Fsp3) is 0.739. The van der Waals surface area contributed by atoms with E-state index in [1.54, 1.807) is 6.20 Å². The Bertz CT molecular complexity index is 723. The zero-order chi connectivity index (χ0) is 18.8. The molecular weight excluding hydrogens is 352 g/mol. The SMILES string of the molecule is O=C(N1CC2(CC(Oc3ccccn3)CCO2)C1)C12CC3CC(CC(C3)C1)C2. The van der Waals surface area contributed by atoms with Crippen molar-refractivity contribution in [2.75, 3.05) is 19.7 Å². The highest BCUT2D eigenvalue weighted by Crippen LogP contribution is 2.61. The van der Waals surface area contributed by atoms with Crippen LogP contribution in [0.3, 0.4) is 0 Å². The number of carbonyl (C=O) groups excluding carboxylic acids is 1. The number of pyridine rings is 1. The van der Waals surface area contributed by atoms with E-state index in [-0.39, 0.29) is 17.1 Å². The second-order valence-electron chi connectivity index (χ2n) is 10.3. The molecule has 0 N–H and O–H groups in total. The predicted octanol–water partition coefficient (Wildman–Crippen LogP) is 3.44. The summed E-state index contributed by atoms with van der Waals surface area (Å²) in [7, 11) is 0. The molecule has 1 amide bonds. The lowest BCUT2D eigenvalue weighted by Gasteiger charge is -2.60. The Morgan fingerprint density at radius 1 is 1.07 bits per heavy atom. The molecule has 3 heterocycles. The number of amides is 1. The maximum absolute atomic E-state index is 13.5. The summed E-state index contributed by atoms with van der Waals surface area (Å²) in [6.07, 6.45) is 11.2. The van der Waals surface area contributed by atoms with Gasteiger partial charge in [0.2, 0.25) is 11.8 Å². The molecule has 1 aromatic heterocycles. The second kappa shape index (κ2) is 6.19. The van der Waals surface area contributed by atoms with Gasteiger partial charge in [0.15, 0.2) is 0 Å². The summed E-state index contributed by atoms with van der Waals surface area (Å²) in [6, 6.07) is 5.76. The van der Waals surface area contributed by atoms with E-state index in [2.05, 4.69) is 9.88 Å². The van der Waals surface area contributed by atoms with E-state index in [9.17, 15) is 4.79 Å². The average molecular weight is 383 g/mol. The van der Waals surface area contributed by atoms with Crippen molar-refractivity contribution in [3.05, 3.63) is 24.4 Å². The quantitative estimate of drug-likeness (QED) is 0.804. The minimum atomic E-state index is -0.199. The first-order valence-corrected chi connectivity index (χ1v) is 11.1. The van der Waals surface area contributed by atoms with Gasteiger partial charge in [0.05, 0.1) is 25.1 Å². The van der Waals surface area contributed by atoms with Crippen molar-refractivity contribution in [2.24, 2.45) is 23.2 Å². The van der Waals surface area contributed by atoms with E-state index in [0.717, 1.165) is 62.9 Å². The van der Waals surface area contributed by atoms with Crippen LogP contribution in [-0.4, -0.2) is 47.2 Å². The highest BCUT2D eigenvalue weighted by atomic mass is 16.5. The molecule has 150 valence electrons. The minimum absolute atomic E-state index is 0.0329. The third kappa shape index (κ3) is 2.77. The summed E-state index contributed by atoms with van der Waals surface area (Å²) in [5, 5.41) is 0. The van der Waals surface area contributed by atoms with E-state index in [4.69, 9.17) is 9.47 Å². The summed E-state index contributed by atoms with van der Waals surface area (Å²) in [5.74, 6) is 3.56. The van der Waals surface area contributed by atoms with Crippen LogP contribution in [0.4, 0.5) is 0 Å². The molecule has 1 atom stereocenters. The Morgan fingerprint density at radius 2 is 1.79 bits per heavy atom. The fourth-order valence-electron chi connectivity index (χ4n) is 7.39. The highest BCUT2D eigenvalue weighted by Gasteiger charge is 2.59. The van der Waals surface area contributed by atoms with E-state index >= 15 is 0 Å². The lowest BCUT2D eigenvalue weighted by molar-refractivity contribution is -0.205. The van der Waals surface area contributed by atoms with Crippen LogP contribution in [0.2, 0.25) is 0 Å². The number of nitrogens with zero attached hydrogens (tertiary/aromatic N) is 2. The van der Waals surface area contributed by atoms with Gasteiger partial charge in [-0.1, -0.05) is 6.07 Å². The first-order valence-electron chi connectivity index (χ1n) is 11.1. The zero-order valence-corrected chi connectivity index (χ0v) is 16.5. The summed E-state index contributed by atoms with van der Waals surface area (Å²) < 4.78 is 12.3. The van der Waals surface area contributed by atoms with Crippen LogP contribution >= 0.6 is 0 Å². The molecule has 6 aliphatic rings. The van der Waals surface area contributed by atoms with Gasteiger partial charge in [-0.25, -0.2) is 4.98 Å². The van der Waals surface area contributed by atoms with Crippen molar-refractivity contribution in [1.29, 1.82) is 0 Å². The summed E-state index contributed by atoms with van der Waals surface area (Å²) in [4.78, 5) is 19.9. The van der Waals surface area contributed by atoms with Gasteiger partial charge in [0.25, 0.3) is 0 Å². The zero-order valence-electron chi connectivity index (χ0n) is 16.5. The van der Waals surface area contributed by atoms with E-state index in [1.807, 2.05) is 18.2 Å². The Kier molecular flexibility index (Phi) is 3.81. The van der Waals surface area contributed by atoms with E-state index in [0.29, 0.717) is 18.4 Å². The molecule has 1 spiro atoms. The molecule has 1 unspecified atom stereocenters. The van der Waals surface area contributed by atoms with Crippen molar-refractivity contribution in [3.63, 3.8) is 0 Å². The van der Waals surface area contributed by atoms with Crippen molar-refractivity contribution in [2.45, 2.75) is 63.1 Å². The molecule has 7 rings (SSSR count). The highest BCUT2D eigenvalue weighted by molar-refractivity contribution is 5.84. The van der Waals surface area contributed by atoms with Gasteiger partial charge < -0.3 is 14.4 Å². The van der Waals surface area contributed by atoms with Crippen LogP contribution in [0.5, 0.6) is 5.88 Å². The lowest BCUT2D eigenvalue weighted by atomic mass is 9.49. The van der Waals surface area contributed by atoms with Gasteiger partial charge in [0.1, 0.15) is 11.7 Å². The Hall–Kier alpha value is -1.62. The molecule has 2 saturated heterocycles. The Balaban J connectivity index is 1.11. The third-order valence-electron chi connectivity index (χ3n) is 8.11. The van der Waals surface area contributed by atoms with Crippen LogP contribution < -0.4 is 4.74 Å². The second-order valence-corrected chi connectivity index (χ2v) is 10.3. The first-order chi connectivity index (χ1) is 13.6. The Morgan fingerprint density at radius 3 is 2.43 bits per heavy atom. The van der Waals surface area contributed by atoms with Crippen molar-refractivity contribution in [1.82, 2.24) is 9.88 Å². The summed E-state index contributed by atoms with van der Waals surface area (Å²) in [5.41, 5.74) is -0.232. The molecule has 4 saturated carbocycles. The molecule has 5 heteroatoms. The predicted molar refractivity (Wildman–Crippen MR) is 104 cm³/mol. The molecule has 4 aliphatic carbocycles. The van der Waals surface area contributed by atoms with Gasteiger partial charge in [-0.3, -0.25) is 4.79 Å². The van der Waals surface area contributed by atoms with Crippen molar-refractivity contribution in [3.8, 4) is 5.88 Å². The van der Waals surface area contributed by atoms with Gasteiger partial charge in [-0.15, -0.1) is 0 Å². The van der Waals surface area contributed by atoms with E-state index < -0.39 is 0 Å². The third-order valence-corrected chi connectivity index (χ3v) is 8.11. The number of hydrogen-bond donors (Lipinski definition) is 0. The van der Waals surface area contributed by atoms with Crippen LogP contribution in [0.15, 0.2) is 24.4 Å². The monoisotopic (exact) mass is 382 g/mol. The molecule has 0 aromatic carbocycles. The summed E-state index contributed by atoms with van der Waals surface area (Å²) in [6.45, 7) is 2.20. The smallest absolute Gasteiger partial charge is 0.229 e. The average Bonchev–Trinajstić information content (AvgIpc) is 2.65. The number of likely N-dealkylation sites (tertiary alicyclic amines) is 1. The normalized spacial score (nSPS) is 40.4. The number of carbonyl (C=O) groups is 1. The number of rotatable bonds is 3. The molecule has 0 radical (unpaired) electrons. The maximum Gasteiger partial charge on any atom is 0.229 e. The molecule has 4 bridgehead atoms. The number of hydrogen-bond acceptors (Lipinski definition) is 4. The van der Waals surface area contributed by atoms with Crippen LogP contribution in [0, 0.1) is 23.2 Å². The van der Waals surface area contributed by atoms with Gasteiger partial charge in [0, 0.05) is 25.1 Å². The van der Waals surface area contributed by atoms with Gasteiger partial charge >= 0.3 is 0 Å². The minimum Gasteiger partial charge on any atom is -0.474 e. The standard InChI is InChI=1S/C23H30N2O3/c26-21(22-10-16-7-17(11-22)9-18(8-16)12-22)25-14-23(15-25)13-19(4-6-27-23)28-20-3-1-2-5-24-20/h1-3,5,16-19H,4,6-15H2. The molecule has 1 aromatic rings.